The summed E-state index contributed by atoms with van der Waals surface area (Å²) in [4.78, 5) is 17.8. The second-order valence-electron chi connectivity index (χ2n) is 10.4. The van der Waals surface area contributed by atoms with E-state index in [0.29, 0.717) is 25.6 Å². The zero-order chi connectivity index (χ0) is 31.1. The number of allylic oxidation sites excluding steroid dienone is 1. The summed E-state index contributed by atoms with van der Waals surface area (Å²) in [7, 11) is -1.19. The van der Waals surface area contributed by atoms with E-state index in [4.69, 9.17) is 14.2 Å². The van der Waals surface area contributed by atoms with Crippen LogP contribution in [-0.2, 0) is 39.0 Å². The van der Waals surface area contributed by atoms with Crippen LogP contribution >= 0.6 is 0 Å². The van der Waals surface area contributed by atoms with Crippen molar-refractivity contribution in [2.45, 2.75) is 57.2 Å². The van der Waals surface area contributed by atoms with Gasteiger partial charge in [0.15, 0.2) is 5.78 Å². The summed E-state index contributed by atoms with van der Waals surface area (Å²) >= 11 is 0. The number of hydrogen-bond donors (Lipinski definition) is 0. The Kier molecular flexibility index (Phi) is 13.0. The third-order valence-electron chi connectivity index (χ3n) is 6.90. The second kappa shape index (κ2) is 17.3. The van der Waals surface area contributed by atoms with Gasteiger partial charge in [0.25, 0.3) is 0 Å². The molecule has 0 amide bonds. The lowest BCUT2D eigenvalue weighted by molar-refractivity contribution is -0.113. The summed E-state index contributed by atoms with van der Waals surface area (Å²) in [6.45, 7) is 9.34. The number of benzene rings is 3. The molecule has 0 radical (unpaired) electrons. The quantitative estimate of drug-likeness (QED) is 0.0865. The first-order chi connectivity index (χ1) is 21.5. The molecule has 44 heavy (non-hydrogen) atoms. The van der Waals surface area contributed by atoms with Crippen LogP contribution in [0.4, 0.5) is 0 Å². The predicted molar refractivity (Wildman–Crippen MR) is 176 cm³/mol. The van der Waals surface area contributed by atoms with E-state index in [-0.39, 0.29) is 12.2 Å². The van der Waals surface area contributed by atoms with Crippen molar-refractivity contribution >= 4 is 22.7 Å². The van der Waals surface area contributed by atoms with E-state index in [1.54, 1.807) is 18.6 Å². The maximum atomic E-state index is 12.9. The van der Waals surface area contributed by atoms with Gasteiger partial charge in [-0.05, 0) is 85.0 Å². The van der Waals surface area contributed by atoms with Crippen molar-refractivity contribution in [1.82, 2.24) is 9.55 Å². The molecule has 4 rings (SSSR count). The molecular weight excluding hydrogens is 572 g/mol. The molecule has 1 heterocycles. The molecule has 0 saturated heterocycles. The number of aryl methyl sites for hydroxylation is 1. The fourth-order valence-corrected chi connectivity index (χ4v) is 5.80. The Morgan fingerprint density at radius 2 is 1.66 bits per heavy atom. The molecule has 0 fully saturated rings. The molecule has 232 valence electrons. The molecule has 0 saturated carbocycles. The molecular formula is C36H42N2O5S. The summed E-state index contributed by atoms with van der Waals surface area (Å²) in [6.07, 6.45) is 9.21. The van der Waals surface area contributed by atoms with Crippen molar-refractivity contribution in [2.24, 2.45) is 0 Å². The third-order valence-corrected chi connectivity index (χ3v) is 8.25. The molecule has 0 aliphatic carbocycles. The topological polar surface area (TPSA) is 79.7 Å². The average molecular weight is 615 g/mol. The number of carbonyl (C=O) groups is 1. The molecule has 0 aliphatic heterocycles. The van der Waals surface area contributed by atoms with Crippen molar-refractivity contribution in [3.63, 3.8) is 0 Å². The van der Waals surface area contributed by atoms with Crippen LogP contribution in [0.3, 0.4) is 0 Å². The van der Waals surface area contributed by atoms with Crippen molar-refractivity contribution in [3.05, 3.63) is 102 Å². The lowest BCUT2D eigenvalue weighted by Gasteiger charge is -2.11. The number of nitrogens with zero attached hydrogens (tertiary/aromatic N) is 2. The second-order valence-corrected chi connectivity index (χ2v) is 11.8. The number of ether oxygens (including phenoxy) is 3. The van der Waals surface area contributed by atoms with E-state index in [2.05, 4.69) is 18.8 Å². The Morgan fingerprint density at radius 3 is 2.39 bits per heavy atom. The van der Waals surface area contributed by atoms with Gasteiger partial charge < -0.3 is 18.8 Å². The van der Waals surface area contributed by atoms with Gasteiger partial charge in [-0.15, -0.1) is 0 Å². The number of rotatable bonds is 18. The predicted octanol–water partition coefficient (Wildman–Crippen LogP) is 7.30. The number of hydrogen-bond acceptors (Lipinski definition) is 6. The SMILES string of the molecule is CCCOCCOc1ccc(-c2ccc(OCC)c(/C=C/C(=O)Cc3ccc(S(=O)Cc4cncn4CCC)cc3)c2)cc1. The summed E-state index contributed by atoms with van der Waals surface area (Å²) in [5, 5.41) is 0. The molecule has 1 atom stereocenters. The van der Waals surface area contributed by atoms with Crippen LogP contribution in [0.15, 0.2) is 90.2 Å². The van der Waals surface area contributed by atoms with E-state index in [9.17, 15) is 9.00 Å². The summed E-state index contributed by atoms with van der Waals surface area (Å²) in [5.74, 6) is 1.90. The molecule has 0 N–H and O–H groups in total. The van der Waals surface area contributed by atoms with Gasteiger partial charge in [0.2, 0.25) is 0 Å². The summed E-state index contributed by atoms with van der Waals surface area (Å²) in [5.41, 5.74) is 4.71. The maximum absolute atomic E-state index is 12.9. The first-order valence-electron chi connectivity index (χ1n) is 15.3. The van der Waals surface area contributed by atoms with Crippen LogP contribution < -0.4 is 9.47 Å². The van der Waals surface area contributed by atoms with Gasteiger partial charge >= 0.3 is 0 Å². The molecule has 1 aromatic heterocycles. The van der Waals surface area contributed by atoms with Crippen molar-refractivity contribution in [2.75, 3.05) is 26.4 Å². The van der Waals surface area contributed by atoms with Crippen LogP contribution in [0, 0.1) is 0 Å². The fraction of sp³-hybridized carbons (Fsp3) is 0.333. The smallest absolute Gasteiger partial charge is 0.160 e. The largest absolute Gasteiger partial charge is 0.493 e. The van der Waals surface area contributed by atoms with Crippen LogP contribution in [0.1, 0.15) is 50.4 Å². The molecule has 0 aliphatic rings. The Morgan fingerprint density at radius 1 is 0.886 bits per heavy atom. The van der Waals surface area contributed by atoms with Crippen LogP contribution in [-0.4, -0.2) is 46.0 Å². The van der Waals surface area contributed by atoms with Crippen LogP contribution in [0.25, 0.3) is 17.2 Å². The minimum Gasteiger partial charge on any atom is -0.493 e. The third kappa shape index (κ3) is 9.76. The van der Waals surface area contributed by atoms with E-state index in [1.807, 2.05) is 84.3 Å². The molecule has 7 nitrogen and oxygen atoms in total. The summed E-state index contributed by atoms with van der Waals surface area (Å²) < 4.78 is 32.1. The van der Waals surface area contributed by atoms with E-state index in [0.717, 1.165) is 70.3 Å². The zero-order valence-corrected chi connectivity index (χ0v) is 26.7. The highest BCUT2D eigenvalue weighted by atomic mass is 32.2. The van der Waals surface area contributed by atoms with Crippen molar-refractivity contribution < 1.29 is 23.2 Å². The zero-order valence-electron chi connectivity index (χ0n) is 25.9. The van der Waals surface area contributed by atoms with Gasteiger partial charge in [-0.1, -0.05) is 44.2 Å². The first-order valence-corrected chi connectivity index (χ1v) is 16.6. The van der Waals surface area contributed by atoms with Gasteiger partial charge in [-0.2, -0.15) is 0 Å². The highest BCUT2D eigenvalue weighted by molar-refractivity contribution is 7.84. The maximum Gasteiger partial charge on any atom is 0.160 e. The monoisotopic (exact) mass is 614 g/mol. The van der Waals surface area contributed by atoms with E-state index >= 15 is 0 Å². The molecule has 4 aromatic rings. The number of carbonyl (C=O) groups excluding carboxylic acids is 1. The Balaban J connectivity index is 1.37. The molecule has 8 heteroatoms. The molecule has 0 bridgehead atoms. The lowest BCUT2D eigenvalue weighted by Crippen LogP contribution is -2.06. The van der Waals surface area contributed by atoms with Gasteiger partial charge in [0.05, 0.1) is 41.8 Å². The van der Waals surface area contributed by atoms with Crippen LogP contribution in [0.2, 0.25) is 0 Å². The van der Waals surface area contributed by atoms with Crippen molar-refractivity contribution in [3.8, 4) is 22.6 Å². The van der Waals surface area contributed by atoms with Gasteiger partial charge in [-0.3, -0.25) is 9.00 Å². The lowest BCUT2D eigenvalue weighted by atomic mass is 10.0. The van der Waals surface area contributed by atoms with E-state index < -0.39 is 10.8 Å². The Labute approximate surface area is 263 Å². The number of ketones is 1. The normalized spacial score (nSPS) is 12.0. The fourth-order valence-electron chi connectivity index (χ4n) is 4.68. The highest BCUT2D eigenvalue weighted by Gasteiger charge is 2.11. The van der Waals surface area contributed by atoms with Gasteiger partial charge in [-0.25, -0.2) is 4.98 Å². The van der Waals surface area contributed by atoms with Crippen molar-refractivity contribution in [1.29, 1.82) is 0 Å². The molecule has 3 aromatic carbocycles. The van der Waals surface area contributed by atoms with E-state index in [1.165, 1.54) is 0 Å². The Hall–Kier alpha value is -4.01. The van der Waals surface area contributed by atoms with Gasteiger partial charge in [0.1, 0.15) is 18.1 Å². The number of imidazole rings is 1. The van der Waals surface area contributed by atoms with Gasteiger partial charge in [0, 0.05) is 36.2 Å². The molecule has 0 spiro atoms. The Bertz CT molecular complexity index is 1530. The molecule has 1 unspecified atom stereocenters. The number of aromatic nitrogens is 2. The average Bonchev–Trinajstić information content (AvgIpc) is 3.47. The minimum atomic E-state index is -1.19. The minimum absolute atomic E-state index is 0.0281. The first kappa shape index (κ1) is 32.9. The summed E-state index contributed by atoms with van der Waals surface area (Å²) in [6, 6.07) is 21.4. The highest BCUT2D eigenvalue weighted by Crippen LogP contribution is 2.29. The van der Waals surface area contributed by atoms with Crippen LogP contribution in [0.5, 0.6) is 11.5 Å². The standard InChI is InChI=1S/C36H42N2O5S/c1-4-19-38-27-37-25-32(38)26-44(40)35-16-7-28(8-17-35)23-33(39)13-9-31-24-30(12-18-36(31)42-6-3)29-10-14-34(15-11-29)43-22-21-41-20-5-2/h7-18,24-25,27H,4-6,19-23,26H2,1-3H3/b13-9+.